The molecule has 24 heavy (non-hydrogen) atoms. The van der Waals surface area contributed by atoms with Crippen LogP contribution in [0.25, 0.3) is 0 Å². The Bertz CT molecular complexity index is 511. The summed E-state index contributed by atoms with van der Waals surface area (Å²) in [6.45, 7) is 7.70. The van der Waals surface area contributed by atoms with Gasteiger partial charge in [-0.3, -0.25) is 9.89 Å². The molecule has 134 valence electrons. The molecular formula is C18H30N4OS. The van der Waals surface area contributed by atoms with Crippen molar-refractivity contribution in [3.8, 4) is 0 Å². The van der Waals surface area contributed by atoms with Gasteiger partial charge in [-0.05, 0) is 31.2 Å². The fraction of sp³-hybridized carbons (Fsp3) is 0.722. The number of guanidine groups is 1. The molecule has 0 spiro atoms. The summed E-state index contributed by atoms with van der Waals surface area (Å²) in [5.74, 6) is 0.722. The van der Waals surface area contributed by atoms with E-state index in [9.17, 15) is 0 Å². The number of aliphatic imine (C=N–C) groups is 1. The minimum atomic E-state index is 0.285. The molecule has 0 saturated carbocycles. The van der Waals surface area contributed by atoms with Crippen molar-refractivity contribution in [1.82, 2.24) is 9.80 Å². The highest BCUT2D eigenvalue weighted by Crippen LogP contribution is 2.27. The van der Waals surface area contributed by atoms with E-state index in [2.05, 4.69) is 34.2 Å². The molecule has 2 saturated heterocycles. The number of morpholine rings is 1. The van der Waals surface area contributed by atoms with E-state index in [1.807, 2.05) is 11.3 Å². The SMILES string of the molecule is CC1CN(C(CN=C(N)N2CCCCCC2)c2cccs2)CCO1. The maximum Gasteiger partial charge on any atom is 0.191 e. The van der Waals surface area contributed by atoms with Gasteiger partial charge >= 0.3 is 0 Å². The van der Waals surface area contributed by atoms with Gasteiger partial charge in [0.25, 0.3) is 0 Å². The third-order valence-corrected chi connectivity index (χ3v) is 5.91. The van der Waals surface area contributed by atoms with Gasteiger partial charge in [-0.25, -0.2) is 0 Å². The molecule has 0 aromatic carbocycles. The van der Waals surface area contributed by atoms with Crippen LogP contribution < -0.4 is 5.73 Å². The van der Waals surface area contributed by atoms with Crippen LogP contribution in [0.15, 0.2) is 22.5 Å². The number of likely N-dealkylation sites (tertiary alicyclic amines) is 1. The Labute approximate surface area is 149 Å². The maximum absolute atomic E-state index is 6.31. The van der Waals surface area contributed by atoms with E-state index >= 15 is 0 Å². The van der Waals surface area contributed by atoms with Crippen LogP contribution in [0.2, 0.25) is 0 Å². The Morgan fingerprint density at radius 1 is 1.33 bits per heavy atom. The predicted molar refractivity (Wildman–Crippen MR) is 101 cm³/mol. The molecule has 2 fully saturated rings. The van der Waals surface area contributed by atoms with Gasteiger partial charge in [-0.1, -0.05) is 18.9 Å². The lowest BCUT2D eigenvalue weighted by molar-refractivity contribution is -0.0327. The largest absolute Gasteiger partial charge is 0.376 e. The summed E-state index contributed by atoms with van der Waals surface area (Å²) < 4.78 is 5.70. The molecule has 6 heteroatoms. The fourth-order valence-electron chi connectivity index (χ4n) is 3.57. The number of nitrogens with zero attached hydrogens (tertiary/aromatic N) is 3. The second-order valence-corrected chi connectivity index (χ2v) is 7.79. The first-order valence-electron chi connectivity index (χ1n) is 9.18. The monoisotopic (exact) mass is 350 g/mol. The topological polar surface area (TPSA) is 54.1 Å². The average Bonchev–Trinajstić information content (AvgIpc) is 2.96. The van der Waals surface area contributed by atoms with E-state index in [-0.39, 0.29) is 6.10 Å². The van der Waals surface area contributed by atoms with E-state index < -0.39 is 0 Å². The molecule has 3 heterocycles. The van der Waals surface area contributed by atoms with E-state index in [1.165, 1.54) is 30.6 Å². The number of thiophene rings is 1. The van der Waals surface area contributed by atoms with Gasteiger partial charge in [0.1, 0.15) is 0 Å². The Morgan fingerprint density at radius 3 is 2.79 bits per heavy atom. The average molecular weight is 351 g/mol. The zero-order chi connectivity index (χ0) is 16.8. The van der Waals surface area contributed by atoms with Crippen LogP contribution in [0.4, 0.5) is 0 Å². The van der Waals surface area contributed by atoms with E-state index in [1.54, 1.807) is 0 Å². The quantitative estimate of drug-likeness (QED) is 0.670. The first-order chi connectivity index (χ1) is 11.7. The van der Waals surface area contributed by atoms with E-state index in [0.717, 1.165) is 45.3 Å². The van der Waals surface area contributed by atoms with Crippen molar-refractivity contribution in [1.29, 1.82) is 0 Å². The van der Waals surface area contributed by atoms with Gasteiger partial charge in [-0.2, -0.15) is 0 Å². The number of hydrogen-bond acceptors (Lipinski definition) is 4. The molecule has 3 rings (SSSR count). The number of rotatable bonds is 4. The molecule has 2 unspecified atom stereocenters. The molecule has 0 aliphatic carbocycles. The molecule has 0 bridgehead atoms. The molecule has 1 aromatic heterocycles. The van der Waals surface area contributed by atoms with Gasteiger partial charge in [0.05, 0.1) is 25.3 Å². The molecule has 0 amide bonds. The summed E-state index contributed by atoms with van der Waals surface area (Å²) in [6.07, 6.45) is 5.37. The zero-order valence-corrected chi connectivity index (χ0v) is 15.5. The molecular weight excluding hydrogens is 320 g/mol. The molecule has 1 aromatic rings. The fourth-order valence-corrected chi connectivity index (χ4v) is 4.43. The van der Waals surface area contributed by atoms with Gasteiger partial charge in [0, 0.05) is 31.1 Å². The highest BCUT2D eigenvalue weighted by atomic mass is 32.1. The van der Waals surface area contributed by atoms with Crippen LogP contribution in [0, 0.1) is 0 Å². The third-order valence-electron chi connectivity index (χ3n) is 4.94. The van der Waals surface area contributed by atoms with Gasteiger partial charge in [0.2, 0.25) is 0 Å². The summed E-state index contributed by atoms with van der Waals surface area (Å²) in [6, 6.07) is 4.65. The lowest BCUT2D eigenvalue weighted by Gasteiger charge is -2.36. The molecule has 2 atom stereocenters. The van der Waals surface area contributed by atoms with Crippen LogP contribution in [0.3, 0.4) is 0 Å². The predicted octanol–water partition coefficient (Wildman–Crippen LogP) is 2.70. The molecule has 2 N–H and O–H groups in total. The van der Waals surface area contributed by atoms with Crippen molar-refractivity contribution >= 4 is 17.3 Å². The Kier molecular flexibility index (Phi) is 6.51. The van der Waals surface area contributed by atoms with Crippen LogP contribution in [-0.2, 0) is 4.74 Å². The van der Waals surface area contributed by atoms with Crippen molar-refractivity contribution < 1.29 is 4.74 Å². The standard InChI is InChI=1S/C18H30N4OS/c1-15-14-22(10-11-23-15)16(17-7-6-12-24-17)13-20-18(19)21-8-4-2-3-5-9-21/h6-7,12,15-16H,2-5,8-11,13-14H2,1H3,(H2,19,20). The highest BCUT2D eigenvalue weighted by molar-refractivity contribution is 7.10. The summed E-state index contributed by atoms with van der Waals surface area (Å²) in [5.41, 5.74) is 6.31. The van der Waals surface area contributed by atoms with Crippen LogP contribution >= 0.6 is 11.3 Å². The molecule has 0 radical (unpaired) electrons. The van der Waals surface area contributed by atoms with E-state index in [0.29, 0.717) is 6.04 Å². The van der Waals surface area contributed by atoms with Crippen LogP contribution in [0.1, 0.15) is 43.5 Å². The second kappa shape index (κ2) is 8.83. The minimum Gasteiger partial charge on any atom is -0.376 e. The summed E-state index contributed by atoms with van der Waals surface area (Å²) >= 11 is 1.81. The summed E-state index contributed by atoms with van der Waals surface area (Å²) in [7, 11) is 0. The third kappa shape index (κ3) is 4.71. The Balaban J connectivity index is 1.68. The number of ether oxygens (including phenoxy) is 1. The molecule has 5 nitrogen and oxygen atoms in total. The van der Waals surface area contributed by atoms with E-state index in [4.69, 9.17) is 15.5 Å². The van der Waals surface area contributed by atoms with Gasteiger partial charge in [-0.15, -0.1) is 11.3 Å². The number of nitrogens with two attached hydrogens (primary N) is 1. The summed E-state index contributed by atoms with van der Waals surface area (Å²) in [5, 5.41) is 2.15. The lowest BCUT2D eigenvalue weighted by Crippen LogP contribution is -2.44. The lowest BCUT2D eigenvalue weighted by atomic mass is 10.1. The second-order valence-electron chi connectivity index (χ2n) is 6.81. The minimum absolute atomic E-state index is 0.285. The molecule has 2 aliphatic rings. The van der Waals surface area contributed by atoms with Crippen molar-refractivity contribution in [3.05, 3.63) is 22.4 Å². The maximum atomic E-state index is 6.31. The van der Waals surface area contributed by atoms with Gasteiger partial charge in [0.15, 0.2) is 5.96 Å². The molecule has 2 aliphatic heterocycles. The van der Waals surface area contributed by atoms with Crippen molar-refractivity contribution in [2.45, 2.75) is 44.8 Å². The first kappa shape index (κ1) is 17.7. The van der Waals surface area contributed by atoms with Crippen molar-refractivity contribution in [2.75, 3.05) is 39.3 Å². The normalized spacial score (nSPS) is 25.5. The Morgan fingerprint density at radius 2 is 2.12 bits per heavy atom. The Hall–Kier alpha value is -1.11. The smallest absolute Gasteiger partial charge is 0.191 e. The van der Waals surface area contributed by atoms with Gasteiger partial charge < -0.3 is 15.4 Å². The zero-order valence-electron chi connectivity index (χ0n) is 14.7. The summed E-state index contributed by atoms with van der Waals surface area (Å²) in [4.78, 5) is 10.9. The highest BCUT2D eigenvalue weighted by Gasteiger charge is 2.26. The first-order valence-corrected chi connectivity index (χ1v) is 10.1. The van der Waals surface area contributed by atoms with Crippen molar-refractivity contribution in [3.63, 3.8) is 0 Å². The number of hydrogen-bond donors (Lipinski definition) is 1. The van der Waals surface area contributed by atoms with Crippen molar-refractivity contribution in [2.24, 2.45) is 10.7 Å². The van der Waals surface area contributed by atoms with Crippen LogP contribution in [0.5, 0.6) is 0 Å². The van der Waals surface area contributed by atoms with Crippen LogP contribution in [-0.4, -0.2) is 61.2 Å².